The smallest absolute Gasteiger partial charge is 0.194 e. The van der Waals surface area contributed by atoms with Crippen LogP contribution in [0.4, 0.5) is 5.69 Å². The molecular weight excluding hydrogens is 454 g/mol. The van der Waals surface area contributed by atoms with Gasteiger partial charge < -0.3 is 9.64 Å². The number of rotatable bonds is 11. The average molecular weight is 494 g/mol. The van der Waals surface area contributed by atoms with Crippen LogP contribution in [0.2, 0.25) is 0 Å². The van der Waals surface area contributed by atoms with Crippen molar-refractivity contribution in [3.63, 3.8) is 0 Å². The number of anilines is 1. The molecule has 0 fully saturated rings. The predicted octanol–water partition coefficient (Wildman–Crippen LogP) is 8.57. The maximum Gasteiger partial charge on any atom is 0.194 e. The van der Waals surface area contributed by atoms with Crippen LogP contribution in [-0.4, -0.2) is 18.9 Å². The molecule has 0 bridgehead atoms. The maximum atomic E-state index is 14.1. The lowest BCUT2D eigenvalue weighted by Gasteiger charge is -2.39. The molecule has 0 N–H and O–H groups in total. The number of nitrogens with zero attached hydrogens (tertiary/aromatic N) is 1. The highest BCUT2D eigenvalue weighted by Gasteiger charge is 2.55. The summed E-state index contributed by atoms with van der Waals surface area (Å²) in [5, 5.41) is 0. The lowest BCUT2D eigenvalue weighted by atomic mass is 9.77. The Morgan fingerprint density at radius 3 is 2.14 bits per heavy atom. The van der Waals surface area contributed by atoms with Crippen LogP contribution < -0.4 is 9.64 Å². The van der Waals surface area contributed by atoms with Crippen LogP contribution in [0, 0.1) is 0 Å². The molecule has 0 amide bonds. The van der Waals surface area contributed by atoms with Gasteiger partial charge in [-0.05, 0) is 43.4 Å². The Morgan fingerprint density at radius 2 is 1.43 bits per heavy atom. The number of ketones is 1. The lowest BCUT2D eigenvalue weighted by molar-refractivity contribution is 0.0977. The van der Waals surface area contributed by atoms with E-state index in [-0.39, 0.29) is 5.78 Å². The first kappa shape index (κ1) is 25.3. The molecule has 0 saturated carbocycles. The van der Waals surface area contributed by atoms with E-state index in [0.717, 1.165) is 71.5 Å². The zero-order valence-corrected chi connectivity index (χ0v) is 22.6. The molecule has 1 unspecified atom stereocenters. The second-order valence-electron chi connectivity index (χ2n) is 10.4. The predicted molar refractivity (Wildman–Crippen MR) is 154 cm³/mol. The Hall–Kier alpha value is -3.33. The van der Waals surface area contributed by atoms with E-state index < -0.39 is 5.60 Å². The van der Waals surface area contributed by atoms with Crippen molar-refractivity contribution in [2.24, 2.45) is 0 Å². The topological polar surface area (TPSA) is 29.5 Å². The van der Waals surface area contributed by atoms with E-state index in [1.54, 1.807) is 0 Å². The Kier molecular flexibility index (Phi) is 7.50. The van der Waals surface area contributed by atoms with Gasteiger partial charge in [0.25, 0.3) is 0 Å². The number of Topliss-reactive ketones (excluding diaryl/α,β-unsaturated/α-hetero) is 1. The summed E-state index contributed by atoms with van der Waals surface area (Å²) in [6.45, 7) is 8.80. The van der Waals surface area contributed by atoms with Crippen molar-refractivity contribution < 1.29 is 9.53 Å². The molecule has 5 rings (SSSR count). The van der Waals surface area contributed by atoms with Gasteiger partial charge in [0.15, 0.2) is 11.4 Å². The normalized spacial score (nSPS) is 17.8. The summed E-state index contributed by atoms with van der Waals surface area (Å²) in [4.78, 5) is 16.6. The molecular formula is C34H39NO2. The summed E-state index contributed by atoms with van der Waals surface area (Å²) in [5.41, 5.74) is 6.06. The first-order valence-electron chi connectivity index (χ1n) is 14.2. The van der Waals surface area contributed by atoms with Crippen LogP contribution in [0.25, 0.3) is 5.57 Å². The third-order valence-corrected chi connectivity index (χ3v) is 7.87. The SMILES string of the molecule is CCCCC1=C2C(=O)c3ccccc3C2(c2ccccc2)Oc2cc(N(CCCC)CCCC)ccc21. The summed E-state index contributed by atoms with van der Waals surface area (Å²) in [6, 6.07) is 25.0. The summed E-state index contributed by atoms with van der Waals surface area (Å²) in [7, 11) is 0. The van der Waals surface area contributed by atoms with E-state index >= 15 is 0 Å². The van der Waals surface area contributed by atoms with Gasteiger partial charge in [-0.1, -0.05) is 94.6 Å². The summed E-state index contributed by atoms with van der Waals surface area (Å²) in [6.07, 6.45) is 7.67. The van der Waals surface area contributed by atoms with Crippen molar-refractivity contribution in [1.29, 1.82) is 0 Å². The molecule has 1 heterocycles. The first-order chi connectivity index (χ1) is 18.2. The van der Waals surface area contributed by atoms with Crippen molar-refractivity contribution >= 4 is 17.0 Å². The lowest BCUT2D eigenvalue weighted by Crippen LogP contribution is -2.38. The highest BCUT2D eigenvalue weighted by atomic mass is 16.5. The van der Waals surface area contributed by atoms with E-state index in [9.17, 15) is 4.79 Å². The van der Waals surface area contributed by atoms with Gasteiger partial charge in [-0.25, -0.2) is 0 Å². The largest absolute Gasteiger partial charge is 0.472 e. The van der Waals surface area contributed by atoms with E-state index in [1.807, 2.05) is 36.4 Å². The Balaban J connectivity index is 1.72. The van der Waals surface area contributed by atoms with Gasteiger partial charge in [0.05, 0.1) is 5.57 Å². The fraction of sp³-hybridized carbons (Fsp3) is 0.382. The molecule has 0 spiro atoms. The molecule has 0 radical (unpaired) electrons. The van der Waals surface area contributed by atoms with Gasteiger partial charge >= 0.3 is 0 Å². The second-order valence-corrected chi connectivity index (χ2v) is 10.4. The fourth-order valence-corrected chi connectivity index (χ4v) is 5.93. The van der Waals surface area contributed by atoms with E-state index in [2.05, 4.69) is 62.1 Å². The summed E-state index contributed by atoms with van der Waals surface area (Å²) in [5.74, 6) is 0.992. The molecule has 1 aliphatic heterocycles. The van der Waals surface area contributed by atoms with Crippen LogP contribution in [0.1, 0.15) is 92.8 Å². The number of hydrogen-bond donors (Lipinski definition) is 0. The minimum Gasteiger partial charge on any atom is -0.472 e. The number of fused-ring (bicyclic) bond motifs is 4. The summed E-state index contributed by atoms with van der Waals surface area (Å²) < 4.78 is 7.13. The summed E-state index contributed by atoms with van der Waals surface area (Å²) >= 11 is 0. The molecule has 37 heavy (non-hydrogen) atoms. The first-order valence-corrected chi connectivity index (χ1v) is 14.2. The number of unbranched alkanes of at least 4 members (excludes halogenated alkanes) is 3. The van der Waals surface area contributed by atoms with E-state index in [4.69, 9.17) is 4.74 Å². The van der Waals surface area contributed by atoms with Crippen molar-refractivity contribution in [3.8, 4) is 5.75 Å². The quantitative estimate of drug-likeness (QED) is 0.268. The number of benzene rings is 3. The Labute approximate surface area is 222 Å². The molecule has 3 nitrogen and oxygen atoms in total. The third kappa shape index (κ3) is 4.39. The minimum absolute atomic E-state index is 0.104. The van der Waals surface area contributed by atoms with Crippen molar-refractivity contribution in [2.45, 2.75) is 71.3 Å². The van der Waals surface area contributed by atoms with Gasteiger partial charge in [0, 0.05) is 47.1 Å². The van der Waals surface area contributed by atoms with Gasteiger partial charge in [-0.3, -0.25) is 4.79 Å². The number of ether oxygens (including phenoxy) is 1. The van der Waals surface area contributed by atoms with Crippen molar-refractivity contribution in [3.05, 3.63) is 101 Å². The monoisotopic (exact) mass is 493 g/mol. The molecule has 0 aromatic heterocycles. The molecule has 1 aliphatic carbocycles. The molecule has 2 aliphatic rings. The van der Waals surface area contributed by atoms with Gasteiger partial charge in [0.2, 0.25) is 0 Å². The zero-order valence-electron chi connectivity index (χ0n) is 22.6. The standard InChI is InChI=1S/C34H39NO2/c1-4-7-17-28-27-21-20-26(35(22-8-5-2)23-9-6-3)24-31(27)37-34(25-15-11-10-12-16-25)30-19-14-13-18-29(30)33(36)32(28)34/h10-16,18-21,24H,4-9,17,22-23H2,1-3H3. The highest BCUT2D eigenvalue weighted by Crippen LogP contribution is 2.56. The Bertz CT molecular complexity index is 1280. The molecule has 1 atom stereocenters. The molecule has 192 valence electrons. The van der Waals surface area contributed by atoms with Crippen LogP contribution in [0.15, 0.2) is 78.4 Å². The molecule has 0 saturated heterocycles. The number of hydrogen-bond acceptors (Lipinski definition) is 3. The zero-order chi connectivity index (χ0) is 25.8. The van der Waals surface area contributed by atoms with Crippen LogP contribution in [0.3, 0.4) is 0 Å². The number of allylic oxidation sites excluding steroid dienone is 1. The average Bonchev–Trinajstić information content (AvgIpc) is 3.20. The number of carbonyl (C=O) groups is 1. The van der Waals surface area contributed by atoms with Gasteiger partial charge in [-0.2, -0.15) is 0 Å². The minimum atomic E-state index is -0.915. The number of carbonyl (C=O) groups excluding carboxylic acids is 1. The molecule has 3 heteroatoms. The van der Waals surface area contributed by atoms with Gasteiger partial charge in [0.1, 0.15) is 5.75 Å². The van der Waals surface area contributed by atoms with E-state index in [1.165, 1.54) is 31.4 Å². The van der Waals surface area contributed by atoms with Crippen LogP contribution in [0.5, 0.6) is 5.75 Å². The molecule has 3 aromatic carbocycles. The van der Waals surface area contributed by atoms with Crippen LogP contribution >= 0.6 is 0 Å². The van der Waals surface area contributed by atoms with Gasteiger partial charge in [-0.15, -0.1) is 0 Å². The van der Waals surface area contributed by atoms with E-state index in [0.29, 0.717) is 0 Å². The van der Waals surface area contributed by atoms with Crippen molar-refractivity contribution in [1.82, 2.24) is 0 Å². The third-order valence-electron chi connectivity index (χ3n) is 7.87. The fourth-order valence-electron chi connectivity index (χ4n) is 5.93. The van der Waals surface area contributed by atoms with Crippen LogP contribution in [-0.2, 0) is 5.60 Å². The maximum absolute atomic E-state index is 14.1. The molecule has 3 aromatic rings. The highest BCUT2D eigenvalue weighted by molar-refractivity contribution is 6.20. The Morgan fingerprint density at radius 1 is 0.757 bits per heavy atom. The van der Waals surface area contributed by atoms with Crippen molar-refractivity contribution in [2.75, 3.05) is 18.0 Å². The second kappa shape index (κ2) is 11.0.